The minimum atomic E-state index is 0.164. The van der Waals surface area contributed by atoms with E-state index in [2.05, 4.69) is 24.3 Å². The summed E-state index contributed by atoms with van der Waals surface area (Å²) in [6.07, 6.45) is 3.89. The average molecular weight is 231 g/mol. The van der Waals surface area contributed by atoms with Gasteiger partial charge in [-0.3, -0.25) is 4.68 Å². The Balaban J connectivity index is 2.08. The van der Waals surface area contributed by atoms with Crippen molar-refractivity contribution in [2.75, 3.05) is 5.32 Å². The maximum atomic E-state index is 9.38. The van der Waals surface area contributed by atoms with Crippen LogP contribution in [0.2, 0.25) is 0 Å². The molecule has 1 aromatic heterocycles. The van der Waals surface area contributed by atoms with E-state index in [4.69, 9.17) is 0 Å². The summed E-state index contributed by atoms with van der Waals surface area (Å²) >= 11 is 0. The maximum Gasteiger partial charge on any atom is 0.117 e. The standard InChI is InChI=1S/C13H17N3O/c1-3-16-9-11(8-14-16)10(2)15-12-5-4-6-13(17)7-12/h4-10,15,17H,3H2,1-2H3. The van der Waals surface area contributed by atoms with Gasteiger partial charge in [-0.1, -0.05) is 6.07 Å². The summed E-state index contributed by atoms with van der Waals surface area (Å²) in [5.41, 5.74) is 2.04. The number of aromatic hydroxyl groups is 1. The van der Waals surface area contributed by atoms with Crippen molar-refractivity contribution in [1.29, 1.82) is 0 Å². The van der Waals surface area contributed by atoms with Crippen LogP contribution in [0.1, 0.15) is 25.5 Å². The fourth-order valence-electron chi connectivity index (χ4n) is 1.71. The molecule has 0 spiro atoms. The van der Waals surface area contributed by atoms with Crippen molar-refractivity contribution in [3.63, 3.8) is 0 Å². The number of hydrogen-bond donors (Lipinski definition) is 2. The van der Waals surface area contributed by atoms with Gasteiger partial charge in [-0.25, -0.2) is 0 Å². The average Bonchev–Trinajstić information content (AvgIpc) is 2.77. The molecule has 0 aliphatic carbocycles. The SMILES string of the molecule is CCn1cc(C(C)Nc2cccc(O)c2)cn1. The van der Waals surface area contributed by atoms with Gasteiger partial charge in [-0.05, 0) is 26.0 Å². The monoisotopic (exact) mass is 231 g/mol. The lowest BCUT2D eigenvalue weighted by Crippen LogP contribution is -2.05. The maximum absolute atomic E-state index is 9.38. The fraction of sp³-hybridized carbons (Fsp3) is 0.308. The van der Waals surface area contributed by atoms with Crippen LogP contribution in [0.4, 0.5) is 5.69 Å². The number of nitrogens with zero attached hydrogens (tertiary/aromatic N) is 2. The Morgan fingerprint density at radius 2 is 2.29 bits per heavy atom. The number of hydrogen-bond acceptors (Lipinski definition) is 3. The summed E-state index contributed by atoms with van der Waals surface area (Å²) in [5, 5.41) is 16.9. The highest BCUT2D eigenvalue weighted by Gasteiger charge is 2.07. The van der Waals surface area contributed by atoms with Gasteiger partial charge < -0.3 is 10.4 Å². The van der Waals surface area contributed by atoms with Crippen LogP contribution in [-0.4, -0.2) is 14.9 Å². The molecular formula is C13H17N3O. The van der Waals surface area contributed by atoms with Crippen molar-refractivity contribution in [3.05, 3.63) is 42.2 Å². The number of rotatable bonds is 4. The van der Waals surface area contributed by atoms with Gasteiger partial charge in [-0.2, -0.15) is 5.10 Å². The first-order valence-electron chi connectivity index (χ1n) is 5.77. The van der Waals surface area contributed by atoms with Gasteiger partial charge in [0, 0.05) is 30.1 Å². The molecule has 0 aliphatic heterocycles. The van der Waals surface area contributed by atoms with Crippen molar-refractivity contribution < 1.29 is 5.11 Å². The summed E-state index contributed by atoms with van der Waals surface area (Å²) in [6.45, 7) is 5.00. The molecule has 0 fully saturated rings. The van der Waals surface area contributed by atoms with Crippen LogP contribution in [-0.2, 0) is 6.54 Å². The van der Waals surface area contributed by atoms with Crippen molar-refractivity contribution in [2.45, 2.75) is 26.4 Å². The van der Waals surface area contributed by atoms with E-state index in [0.717, 1.165) is 17.8 Å². The Bertz CT molecular complexity index is 493. The van der Waals surface area contributed by atoms with E-state index in [-0.39, 0.29) is 11.8 Å². The van der Waals surface area contributed by atoms with E-state index < -0.39 is 0 Å². The third-order valence-corrected chi connectivity index (χ3v) is 2.71. The normalized spacial score (nSPS) is 12.4. The molecule has 0 saturated carbocycles. The van der Waals surface area contributed by atoms with Gasteiger partial charge in [0.15, 0.2) is 0 Å². The highest BCUT2D eigenvalue weighted by atomic mass is 16.3. The molecule has 0 bridgehead atoms. The van der Waals surface area contributed by atoms with Crippen LogP contribution in [0, 0.1) is 0 Å². The molecule has 2 rings (SSSR count). The quantitative estimate of drug-likeness (QED) is 0.850. The van der Waals surface area contributed by atoms with Crippen LogP contribution in [0.25, 0.3) is 0 Å². The highest BCUT2D eigenvalue weighted by molar-refractivity contribution is 5.49. The fourth-order valence-corrected chi connectivity index (χ4v) is 1.71. The lowest BCUT2D eigenvalue weighted by Gasteiger charge is -2.13. The number of anilines is 1. The Morgan fingerprint density at radius 3 is 2.94 bits per heavy atom. The summed E-state index contributed by atoms with van der Waals surface area (Å²) < 4.78 is 1.90. The van der Waals surface area contributed by atoms with Crippen molar-refractivity contribution in [3.8, 4) is 5.75 Å². The minimum Gasteiger partial charge on any atom is -0.508 e. The van der Waals surface area contributed by atoms with Gasteiger partial charge in [0.05, 0.1) is 12.2 Å². The molecule has 90 valence electrons. The van der Waals surface area contributed by atoms with Crippen LogP contribution in [0.15, 0.2) is 36.7 Å². The molecule has 4 heteroatoms. The Hall–Kier alpha value is -1.97. The summed E-state index contributed by atoms with van der Waals surface area (Å²) in [7, 11) is 0. The van der Waals surface area contributed by atoms with E-state index in [1.165, 1.54) is 0 Å². The Labute approximate surface area is 101 Å². The highest BCUT2D eigenvalue weighted by Crippen LogP contribution is 2.21. The largest absolute Gasteiger partial charge is 0.508 e. The van der Waals surface area contributed by atoms with Crippen molar-refractivity contribution in [1.82, 2.24) is 9.78 Å². The first kappa shape index (κ1) is 11.5. The molecule has 0 aliphatic rings. The number of phenolic OH excluding ortho intramolecular Hbond substituents is 1. The second-order valence-corrected chi connectivity index (χ2v) is 4.05. The molecule has 1 atom stereocenters. The zero-order valence-corrected chi connectivity index (χ0v) is 10.1. The van der Waals surface area contributed by atoms with E-state index in [9.17, 15) is 5.11 Å². The predicted molar refractivity (Wildman–Crippen MR) is 68.0 cm³/mol. The molecule has 0 saturated heterocycles. The van der Waals surface area contributed by atoms with E-state index in [1.54, 1.807) is 12.1 Å². The zero-order valence-electron chi connectivity index (χ0n) is 10.1. The number of aromatic nitrogens is 2. The molecule has 0 amide bonds. The van der Waals surface area contributed by atoms with Crippen LogP contribution >= 0.6 is 0 Å². The van der Waals surface area contributed by atoms with E-state index >= 15 is 0 Å². The molecule has 1 unspecified atom stereocenters. The second kappa shape index (κ2) is 4.91. The van der Waals surface area contributed by atoms with Crippen LogP contribution < -0.4 is 5.32 Å². The van der Waals surface area contributed by atoms with Gasteiger partial charge >= 0.3 is 0 Å². The predicted octanol–water partition coefficient (Wildman–Crippen LogP) is 2.78. The number of nitrogens with one attached hydrogen (secondary N) is 1. The third kappa shape index (κ3) is 2.78. The Morgan fingerprint density at radius 1 is 1.47 bits per heavy atom. The molecule has 2 N–H and O–H groups in total. The molecule has 4 nitrogen and oxygen atoms in total. The van der Waals surface area contributed by atoms with Crippen LogP contribution in [0.5, 0.6) is 5.75 Å². The Kier molecular flexibility index (Phi) is 3.32. The van der Waals surface area contributed by atoms with Crippen molar-refractivity contribution >= 4 is 5.69 Å². The molecule has 1 aromatic carbocycles. The molecular weight excluding hydrogens is 214 g/mol. The minimum absolute atomic E-state index is 0.164. The lowest BCUT2D eigenvalue weighted by molar-refractivity contribution is 0.475. The number of benzene rings is 1. The molecule has 1 heterocycles. The number of phenols is 1. The lowest BCUT2D eigenvalue weighted by atomic mass is 10.2. The third-order valence-electron chi connectivity index (χ3n) is 2.71. The van der Waals surface area contributed by atoms with Crippen molar-refractivity contribution in [2.24, 2.45) is 0 Å². The first-order valence-corrected chi connectivity index (χ1v) is 5.77. The molecule has 17 heavy (non-hydrogen) atoms. The number of aryl methyl sites for hydroxylation is 1. The van der Waals surface area contributed by atoms with Gasteiger partial charge in [0.1, 0.15) is 5.75 Å². The summed E-state index contributed by atoms with van der Waals surface area (Å²) in [4.78, 5) is 0. The second-order valence-electron chi connectivity index (χ2n) is 4.05. The van der Waals surface area contributed by atoms with Gasteiger partial charge in [0.25, 0.3) is 0 Å². The molecule has 2 aromatic rings. The zero-order chi connectivity index (χ0) is 12.3. The van der Waals surface area contributed by atoms with E-state index in [1.807, 2.05) is 29.2 Å². The topological polar surface area (TPSA) is 50.1 Å². The molecule has 0 radical (unpaired) electrons. The first-order chi connectivity index (χ1) is 8.19. The van der Waals surface area contributed by atoms with Gasteiger partial charge in [-0.15, -0.1) is 0 Å². The van der Waals surface area contributed by atoms with Crippen LogP contribution in [0.3, 0.4) is 0 Å². The summed E-state index contributed by atoms with van der Waals surface area (Å²) in [5.74, 6) is 0.270. The van der Waals surface area contributed by atoms with Gasteiger partial charge in [0.2, 0.25) is 0 Å². The van der Waals surface area contributed by atoms with E-state index in [0.29, 0.717) is 0 Å². The smallest absolute Gasteiger partial charge is 0.117 e. The summed E-state index contributed by atoms with van der Waals surface area (Å²) in [6, 6.07) is 7.28.